The minimum Gasteiger partial charge on any atom is -0.392 e. The Kier molecular flexibility index (Phi) is 1.72. The summed E-state index contributed by atoms with van der Waals surface area (Å²) in [6, 6.07) is 0. The standard InChI is InChI=1S/C9H14O2/c10-8-5-9(11)7-3-1-2-6(8)4-7/h6-8,10H,1-5H2. The predicted molar refractivity (Wildman–Crippen MR) is 41.1 cm³/mol. The van der Waals surface area contributed by atoms with Gasteiger partial charge in [-0.15, -0.1) is 0 Å². The Balaban J connectivity index is 2.11. The van der Waals surface area contributed by atoms with Gasteiger partial charge in [0, 0.05) is 12.3 Å². The van der Waals surface area contributed by atoms with Crippen molar-refractivity contribution in [3.05, 3.63) is 0 Å². The topological polar surface area (TPSA) is 37.3 Å². The molecule has 0 spiro atoms. The van der Waals surface area contributed by atoms with E-state index in [-0.39, 0.29) is 6.10 Å². The number of fused-ring (bicyclic) bond motifs is 2. The van der Waals surface area contributed by atoms with Crippen molar-refractivity contribution in [1.29, 1.82) is 0 Å². The number of hydrogen-bond donors (Lipinski definition) is 1. The molecule has 2 fully saturated rings. The van der Waals surface area contributed by atoms with E-state index in [1.807, 2.05) is 0 Å². The third-order valence-corrected chi connectivity index (χ3v) is 3.12. The first-order valence-corrected chi connectivity index (χ1v) is 4.48. The maximum absolute atomic E-state index is 11.3. The lowest BCUT2D eigenvalue weighted by molar-refractivity contribution is -0.132. The van der Waals surface area contributed by atoms with Crippen LogP contribution in [0, 0.1) is 11.8 Å². The first-order valence-electron chi connectivity index (χ1n) is 4.48. The smallest absolute Gasteiger partial charge is 0.138 e. The zero-order valence-corrected chi connectivity index (χ0v) is 6.62. The van der Waals surface area contributed by atoms with Crippen LogP contribution in [0.3, 0.4) is 0 Å². The van der Waals surface area contributed by atoms with Crippen molar-refractivity contribution in [1.82, 2.24) is 0 Å². The Morgan fingerprint density at radius 1 is 1.36 bits per heavy atom. The molecule has 3 atom stereocenters. The number of aliphatic hydroxyl groups is 1. The maximum Gasteiger partial charge on any atom is 0.138 e. The molecule has 2 saturated carbocycles. The molecular weight excluding hydrogens is 140 g/mol. The summed E-state index contributed by atoms with van der Waals surface area (Å²) in [6.07, 6.45) is 4.40. The minimum atomic E-state index is -0.320. The molecule has 0 amide bonds. The molecule has 1 N–H and O–H groups in total. The molecule has 11 heavy (non-hydrogen) atoms. The number of hydrogen-bond acceptors (Lipinski definition) is 2. The van der Waals surface area contributed by atoms with Gasteiger partial charge in [0.25, 0.3) is 0 Å². The average Bonchev–Trinajstić information content (AvgIpc) is 2.02. The molecule has 0 aliphatic heterocycles. The molecule has 2 bridgehead atoms. The van der Waals surface area contributed by atoms with Crippen molar-refractivity contribution in [2.45, 2.75) is 38.2 Å². The molecule has 2 heteroatoms. The quantitative estimate of drug-likeness (QED) is 0.568. The summed E-state index contributed by atoms with van der Waals surface area (Å²) in [5.41, 5.74) is 0. The van der Waals surface area contributed by atoms with Gasteiger partial charge in [-0.1, -0.05) is 6.42 Å². The molecule has 3 unspecified atom stereocenters. The molecule has 2 rings (SSSR count). The Morgan fingerprint density at radius 3 is 3.00 bits per heavy atom. The van der Waals surface area contributed by atoms with Crippen LogP contribution in [0.5, 0.6) is 0 Å². The van der Waals surface area contributed by atoms with Crippen LogP contribution in [0.2, 0.25) is 0 Å². The largest absolute Gasteiger partial charge is 0.392 e. The molecule has 0 radical (unpaired) electrons. The molecule has 2 nitrogen and oxygen atoms in total. The Labute approximate surface area is 66.6 Å². The second-order valence-electron chi connectivity index (χ2n) is 3.86. The van der Waals surface area contributed by atoms with Crippen molar-refractivity contribution in [2.24, 2.45) is 11.8 Å². The van der Waals surface area contributed by atoms with E-state index in [0.29, 0.717) is 24.0 Å². The van der Waals surface area contributed by atoms with Crippen LogP contribution in [-0.2, 0) is 4.79 Å². The van der Waals surface area contributed by atoms with Gasteiger partial charge >= 0.3 is 0 Å². The van der Waals surface area contributed by atoms with E-state index in [1.165, 1.54) is 0 Å². The third kappa shape index (κ3) is 1.20. The zero-order chi connectivity index (χ0) is 7.84. The minimum absolute atomic E-state index is 0.299. The summed E-state index contributed by atoms with van der Waals surface area (Å²) in [5.74, 6) is 1.04. The van der Waals surface area contributed by atoms with Crippen molar-refractivity contribution in [3.63, 3.8) is 0 Å². The van der Waals surface area contributed by atoms with Gasteiger partial charge in [0.2, 0.25) is 0 Å². The summed E-state index contributed by atoms with van der Waals surface area (Å²) in [4.78, 5) is 11.3. The number of ketones is 1. The van der Waals surface area contributed by atoms with Gasteiger partial charge in [-0.2, -0.15) is 0 Å². The van der Waals surface area contributed by atoms with E-state index in [0.717, 1.165) is 25.7 Å². The van der Waals surface area contributed by atoms with Gasteiger partial charge in [0.05, 0.1) is 6.10 Å². The second kappa shape index (κ2) is 2.59. The van der Waals surface area contributed by atoms with Gasteiger partial charge in [-0.05, 0) is 25.2 Å². The van der Waals surface area contributed by atoms with Crippen LogP contribution in [0.15, 0.2) is 0 Å². The van der Waals surface area contributed by atoms with Crippen molar-refractivity contribution >= 4 is 5.78 Å². The highest BCUT2D eigenvalue weighted by Crippen LogP contribution is 2.37. The fourth-order valence-electron chi connectivity index (χ4n) is 2.41. The normalized spacial score (nSPS) is 44.1. The number of carbonyl (C=O) groups excluding carboxylic acids is 1. The molecule has 0 aromatic rings. The molecule has 62 valence electrons. The fourth-order valence-corrected chi connectivity index (χ4v) is 2.41. The summed E-state index contributed by atoms with van der Waals surface area (Å²) >= 11 is 0. The van der Waals surface area contributed by atoms with Crippen molar-refractivity contribution < 1.29 is 9.90 Å². The molecule has 2 aliphatic carbocycles. The zero-order valence-electron chi connectivity index (χ0n) is 6.62. The Hall–Kier alpha value is -0.370. The van der Waals surface area contributed by atoms with E-state index in [4.69, 9.17) is 0 Å². The average molecular weight is 154 g/mol. The number of rotatable bonds is 0. The van der Waals surface area contributed by atoms with Crippen LogP contribution in [0.1, 0.15) is 32.1 Å². The van der Waals surface area contributed by atoms with Gasteiger partial charge < -0.3 is 5.11 Å². The van der Waals surface area contributed by atoms with Gasteiger partial charge in [0.15, 0.2) is 0 Å². The van der Waals surface area contributed by atoms with Crippen molar-refractivity contribution in [2.75, 3.05) is 0 Å². The molecular formula is C9H14O2. The highest BCUT2D eigenvalue weighted by Gasteiger charge is 2.37. The SMILES string of the molecule is O=C1CC(O)C2CCCC1C2. The summed E-state index contributed by atoms with van der Waals surface area (Å²) < 4.78 is 0. The van der Waals surface area contributed by atoms with Crippen molar-refractivity contribution in [3.8, 4) is 0 Å². The maximum atomic E-state index is 11.3. The van der Waals surface area contributed by atoms with E-state index < -0.39 is 0 Å². The Morgan fingerprint density at radius 2 is 2.18 bits per heavy atom. The molecule has 0 aromatic heterocycles. The molecule has 2 aliphatic rings. The molecule has 0 aromatic carbocycles. The fraction of sp³-hybridized carbons (Fsp3) is 0.889. The lowest BCUT2D eigenvalue weighted by Gasteiger charge is -2.36. The number of Topliss-reactive ketones (excluding diaryl/α,β-unsaturated/α-hetero) is 1. The lowest BCUT2D eigenvalue weighted by atomic mass is 9.70. The van der Waals surface area contributed by atoms with Gasteiger partial charge in [-0.25, -0.2) is 0 Å². The first kappa shape index (κ1) is 7.29. The van der Waals surface area contributed by atoms with E-state index in [9.17, 15) is 9.90 Å². The predicted octanol–water partition coefficient (Wildman–Crippen LogP) is 1.13. The molecule has 0 saturated heterocycles. The number of carbonyl (C=O) groups is 1. The molecule has 0 heterocycles. The summed E-state index contributed by atoms with van der Waals surface area (Å²) in [5, 5.41) is 9.47. The van der Waals surface area contributed by atoms with Gasteiger partial charge in [-0.3, -0.25) is 4.79 Å². The summed E-state index contributed by atoms with van der Waals surface area (Å²) in [7, 11) is 0. The van der Waals surface area contributed by atoms with Crippen LogP contribution in [0.25, 0.3) is 0 Å². The van der Waals surface area contributed by atoms with Crippen LogP contribution >= 0.6 is 0 Å². The van der Waals surface area contributed by atoms with E-state index in [1.54, 1.807) is 0 Å². The number of aliphatic hydroxyl groups excluding tert-OH is 1. The van der Waals surface area contributed by atoms with Gasteiger partial charge in [0.1, 0.15) is 5.78 Å². The van der Waals surface area contributed by atoms with E-state index in [2.05, 4.69) is 0 Å². The Bertz CT molecular complexity index is 176. The van der Waals surface area contributed by atoms with Crippen LogP contribution in [-0.4, -0.2) is 17.0 Å². The van der Waals surface area contributed by atoms with Crippen LogP contribution < -0.4 is 0 Å². The second-order valence-corrected chi connectivity index (χ2v) is 3.86. The monoisotopic (exact) mass is 154 g/mol. The highest BCUT2D eigenvalue weighted by molar-refractivity contribution is 5.82. The highest BCUT2D eigenvalue weighted by atomic mass is 16.3. The first-order chi connectivity index (χ1) is 5.27. The van der Waals surface area contributed by atoms with E-state index >= 15 is 0 Å². The lowest BCUT2D eigenvalue weighted by Crippen LogP contribution is -2.38. The summed E-state index contributed by atoms with van der Waals surface area (Å²) in [6.45, 7) is 0. The van der Waals surface area contributed by atoms with Crippen LogP contribution in [0.4, 0.5) is 0 Å². The third-order valence-electron chi connectivity index (χ3n) is 3.12.